The third-order valence-corrected chi connectivity index (χ3v) is 4.24. The lowest BCUT2D eigenvalue weighted by molar-refractivity contribution is 0.344. The first-order valence-electron chi connectivity index (χ1n) is 7.66. The van der Waals surface area contributed by atoms with E-state index in [1.54, 1.807) is 14.2 Å². The molecule has 3 nitrogen and oxygen atoms in total. The van der Waals surface area contributed by atoms with Gasteiger partial charge in [0.2, 0.25) is 0 Å². The fraction of sp³-hybridized carbons (Fsp3) is 0.647. The van der Waals surface area contributed by atoms with Crippen molar-refractivity contribution in [2.45, 2.75) is 39.2 Å². The summed E-state index contributed by atoms with van der Waals surface area (Å²) in [6, 6.07) is 6.58. The Morgan fingerprint density at radius 2 is 1.75 bits per heavy atom. The van der Waals surface area contributed by atoms with E-state index in [1.807, 2.05) is 6.07 Å². The van der Waals surface area contributed by atoms with Gasteiger partial charge in [-0.15, -0.1) is 0 Å². The Morgan fingerprint density at radius 1 is 1.15 bits per heavy atom. The minimum atomic E-state index is 0.381. The van der Waals surface area contributed by atoms with Crippen molar-refractivity contribution >= 4 is 0 Å². The molecule has 1 N–H and O–H groups in total. The van der Waals surface area contributed by atoms with E-state index >= 15 is 0 Å². The first kappa shape index (κ1) is 15.2. The van der Waals surface area contributed by atoms with Crippen molar-refractivity contribution in [2.24, 2.45) is 11.8 Å². The highest BCUT2D eigenvalue weighted by molar-refractivity contribution is 5.40. The average molecular weight is 277 g/mol. The van der Waals surface area contributed by atoms with Crippen molar-refractivity contribution in [3.8, 4) is 11.5 Å². The highest BCUT2D eigenvalue weighted by atomic mass is 16.5. The molecule has 1 saturated carbocycles. The molecule has 2 atom stereocenters. The zero-order valence-corrected chi connectivity index (χ0v) is 13.1. The predicted molar refractivity (Wildman–Crippen MR) is 82.5 cm³/mol. The van der Waals surface area contributed by atoms with Crippen molar-refractivity contribution in [3.63, 3.8) is 0 Å². The number of rotatable bonds is 8. The van der Waals surface area contributed by atoms with Crippen LogP contribution in [0.2, 0.25) is 0 Å². The van der Waals surface area contributed by atoms with Crippen LogP contribution in [0.1, 0.15) is 44.7 Å². The van der Waals surface area contributed by atoms with E-state index in [2.05, 4.69) is 31.3 Å². The summed E-state index contributed by atoms with van der Waals surface area (Å²) in [5.41, 5.74) is 1.27. The SMILES string of the molecule is CCCNC(c1cc(OC)cc(OC)c1)C(C)C1CC1. The van der Waals surface area contributed by atoms with Crippen LogP contribution in [0.5, 0.6) is 11.5 Å². The van der Waals surface area contributed by atoms with Crippen molar-refractivity contribution < 1.29 is 9.47 Å². The Kier molecular flexibility index (Phi) is 5.30. The maximum atomic E-state index is 5.40. The van der Waals surface area contributed by atoms with Crippen LogP contribution in [0, 0.1) is 11.8 Å². The van der Waals surface area contributed by atoms with Gasteiger partial charge in [-0.1, -0.05) is 13.8 Å². The fourth-order valence-corrected chi connectivity index (χ4v) is 2.81. The number of benzene rings is 1. The van der Waals surface area contributed by atoms with Gasteiger partial charge >= 0.3 is 0 Å². The molecule has 0 amide bonds. The molecule has 1 fully saturated rings. The number of hydrogen-bond acceptors (Lipinski definition) is 3. The molecule has 0 radical (unpaired) electrons. The molecule has 0 saturated heterocycles. The van der Waals surface area contributed by atoms with Gasteiger partial charge in [0.15, 0.2) is 0 Å². The first-order chi connectivity index (χ1) is 9.69. The Balaban J connectivity index is 2.25. The minimum absolute atomic E-state index is 0.381. The van der Waals surface area contributed by atoms with Crippen LogP contribution in [0.3, 0.4) is 0 Å². The lowest BCUT2D eigenvalue weighted by Crippen LogP contribution is -2.28. The molecule has 1 aromatic carbocycles. The van der Waals surface area contributed by atoms with Crippen LogP contribution in [0.25, 0.3) is 0 Å². The quantitative estimate of drug-likeness (QED) is 0.784. The summed E-state index contributed by atoms with van der Waals surface area (Å²) < 4.78 is 10.8. The second kappa shape index (κ2) is 6.98. The van der Waals surface area contributed by atoms with E-state index < -0.39 is 0 Å². The predicted octanol–water partition coefficient (Wildman–Crippen LogP) is 3.79. The van der Waals surface area contributed by atoms with Crippen molar-refractivity contribution in [1.29, 1.82) is 0 Å². The Labute approximate surface area is 122 Å². The van der Waals surface area contributed by atoms with Crippen LogP contribution < -0.4 is 14.8 Å². The Hall–Kier alpha value is -1.22. The van der Waals surface area contributed by atoms with Gasteiger partial charge in [0, 0.05) is 12.1 Å². The van der Waals surface area contributed by atoms with Crippen molar-refractivity contribution in [3.05, 3.63) is 23.8 Å². The monoisotopic (exact) mass is 277 g/mol. The van der Waals surface area contributed by atoms with Gasteiger partial charge in [0.05, 0.1) is 14.2 Å². The number of hydrogen-bond donors (Lipinski definition) is 1. The molecule has 0 spiro atoms. The smallest absolute Gasteiger partial charge is 0.122 e. The van der Waals surface area contributed by atoms with Gasteiger partial charge in [-0.05, 0) is 55.3 Å². The topological polar surface area (TPSA) is 30.5 Å². The average Bonchev–Trinajstić information content (AvgIpc) is 3.31. The van der Waals surface area contributed by atoms with E-state index in [0.717, 1.165) is 30.4 Å². The van der Waals surface area contributed by atoms with E-state index in [0.29, 0.717) is 12.0 Å². The molecule has 0 aromatic heterocycles. The van der Waals surface area contributed by atoms with Gasteiger partial charge in [-0.3, -0.25) is 0 Å². The third-order valence-electron chi connectivity index (χ3n) is 4.24. The molecule has 0 heterocycles. The maximum Gasteiger partial charge on any atom is 0.122 e. The molecular formula is C17H27NO2. The lowest BCUT2D eigenvalue weighted by atomic mass is 9.90. The van der Waals surface area contributed by atoms with Crippen LogP contribution >= 0.6 is 0 Å². The van der Waals surface area contributed by atoms with Gasteiger partial charge in [0.25, 0.3) is 0 Å². The highest BCUT2D eigenvalue weighted by Crippen LogP contribution is 2.43. The molecule has 3 heteroatoms. The van der Waals surface area contributed by atoms with Crippen LogP contribution in [-0.4, -0.2) is 20.8 Å². The molecule has 2 unspecified atom stereocenters. The molecular weight excluding hydrogens is 250 g/mol. The highest BCUT2D eigenvalue weighted by Gasteiger charge is 2.34. The summed E-state index contributed by atoms with van der Waals surface area (Å²) in [5, 5.41) is 3.70. The van der Waals surface area contributed by atoms with Crippen molar-refractivity contribution in [1.82, 2.24) is 5.32 Å². The van der Waals surface area contributed by atoms with Crippen LogP contribution in [0.15, 0.2) is 18.2 Å². The van der Waals surface area contributed by atoms with Gasteiger partial charge in [-0.25, -0.2) is 0 Å². The number of ether oxygens (including phenoxy) is 2. The summed E-state index contributed by atoms with van der Waals surface area (Å²) in [6.45, 7) is 5.61. The van der Waals surface area contributed by atoms with E-state index in [-0.39, 0.29) is 0 Å². The maximum absolute atomic E-state index is 5.40. The standard InChI is InChI=1S/C17H27NO2/c1-5-8-18-17(12(2)13-6-7-13)14-9-15(19-3)11-16(10-14)20-4/h9-13,17-18H,5-8H2,1-4H3. The largest absolute Gasteiger partial charge is 0.497 e. The lowest BCUT2D eigenvalue weighted by Gasteiger charge is -2.26. The molecule has 20 heavy (non-hydrogen) atoms. The van der Waals surface area contributed by atoms with Crippen LogP contribution in [0.4, 0.5) is 0 Å². The van der Waals surface area contributed by atoms with Crippen LogP contribution in [-0.2, 0) is 0 Å². The normalized spacial score (nSPS) is 17.6. The number of methoxy groups -OCH3 is 2. The molecule has 1 aromatic rings. The molecule has 0 aliphatic heterocycles. The zero-order chi connectivity index (χ0) is 14.5. The van der Waals surface area contributed by atoms with Gasteiger partial charge in [-0.2, -0.15) is 0 Å². The summed E-state index contributed by atoms with van der Waals surface area (Å²) >= 11 is 0. The van der Waals surface area contributed by atoms with Gasteiger partial charge < -0.3 is 14.8 Å². The van der Waals surface area contributed by atoms with E-state index in [9.17, 15) is 0 Å². The molecule has 2 rings (SSSR count). The second-order valence-electron chi connectivity index (χ2n) is 5.77. The Bertz CT molecular complexity index is 407. The first-order valence-corrected chi connectivity index (χ1v) is 7.66. The zero-order valence-electron chi connectivity index (χ0n) is 13.1. The molecule has 112 valence electrons. The summed E-state index contributed by atoms with van der Waals surface area (Å²) in [6.07, 6.45) is 3.88. The number of nitrogens with one attached hydrogen (secondary N) is 1. The van der Waals surface area contributed by atoms with E-state index in [1.165, 1.54) is 18.4 Å². The van der Waals surface area contributed by atoms with Gasteiger partial charge in [0.1, 0.15) is 11.5 Å². The van der Waals surface area contributed by atoms with Crippen molar-refractivity contribution in [2.75, 3.05) is 20.8 Å². The summed E-state index contributed by atoms with van der Waals surface area (Å²) in [4.78, 5) is 0. The minimum Gasteiger partial charge on any atom is -0.497 e. The molecule has 0 bridgehead atoms. The third kappa shape index (κ3) is 3.66. The summed E-state index contributed by atoms with van der Waals surface area (Å²) in [7, 11) is 3.41. The Morgan fingerprint density at radius 3 is 2.20 bits per heavy atom. The fourth-order valence-electron chi connectivity index (χ4n) is 2.81. The summed E-state index contributed by atoms with van der Waals surface area (Å²) in [5.74, 6) is 3.25. The van der Waals surface area contributed by atoms with E-state index in [4.69, 9.17) is 9.47 Å². The molecule has 1 aliphatic rings. The second-order valence-corrected chi connectivity index (χ2v) is 5.77. The molecule has 1 aliphatic carbocycles.